The van der Waals surface area contributed by atoms with Gasteiger partial charge in [0.2, 0.25) is 0 Å². The number of ketones is 1. The lowest BCUT2D eigenvalue weighted by Gasteiger charge is -1.91. The third-order valence-corrected chi connectivity index (χ3v) is 1.14. The minimum absolute atomic E-state index is 0.167. The van der Waals surface area contributed by atoms with Gasteiger partial charge in [0.1, 0.15) is 5.82 Å². The van der Waals surface area contributed by atoms with Crippen molar-refractivity contribution in [3.63, 3.8) is 0 Å². The fourth-order valence-electron chi connectivity index (χ4n) is 0.646. The van der Waals surface area contributed by atoms with Crippen LogP contribution < -0.4 is 0 Å². The van der Waals surface area contributed by atoms with Gasteiger partial charge in [-0.3, -0.25) is 4.79 Å². The molecular formula is C8H6FO. The molecule has 0 spiro atoms. The Morgan fingerprint density at radius 2 is 2.30 bits per heavy atom. The lowest BCUT2D eigenvalue weighted by Crippen LogP contribution is -1.91. The first-order valence-electron chi connectivity index (χ1n) is 2.89. The number of benzene rings is 1. The van der Waals surface area contributed by atoms with Gasteiger partial charge in [-0.05, 0) is 13.0 Å². The van der Waals surface area contributed by atoms with Crippen molar-refractivity contribution in [2.45, 2.75) is 6.92 Å². The van der Waals surface area contributed by atoms with Crippen molar-refractivity contribution in [3.8, 4) is 0 Å². The van der Waals surface area contributed by atoms with Crippen LogP contribution in [0.5, 0.6) is 0 Å². The Morgan fingerprint density at radius 1 is 1.60 bits per heavy atom. The molecule has 0 amide bonds. The standard InChI is InChI=1S/C8H6FO/c1-6(10)7-3-2-4-8(9)5-7/h2-4H,1H3. The van der Waals surface area contributed by atoms with Crippen molar-refractivity contribution < 1.29 is 9.18 Å². The van der Waals surface area contributed by atoms with Crippen LogP contribution in [0.25, 0.3) is 0 Å². The van der Waals surface area contributed by atoms with E-state index in [4.69, 9.17) is 0 Å². The van der Waals surface area contributed by atoms with Gasteiger partial charge in [0.15, 0.2) is 5.78 Å². The molecule has 0 atom stereocenters. The molecule has 0 bridgehead atoms. The zero-order valence-corrected chi connectivity index (χ0v) is 5.52. The van der Waals surface area contributed by atoms with Gasteiger partial charge in [-0.1, -0.05) is 12.1 Å². The molecule has 0 saturated heterocycles. The number of carbonyl (C=O) groups excluding carboxylic acids is 1. The SMILES string of the molecule is CC(=O)c1[c]c(F)ccc1. The van der Waals surface area contributed by atoms with Crippen LogP contribution in [-0.4, -0.2) is 5.78 Å². The molecule has 0 aliphatic rings. The van der Waals surface area contributed by atoms with E-state index in [0.717, 1.165) is 0 Å². The summed E-state index contributed by atoms with van der Waals surface area (Å²) in [6.45, 7) is 1.38. The molecule has 0 aromatic heterocycles. The summed E-state index contributed by atoms with van der Waals surface area (Å²) in [6.07, 6.45) is 0. The molecule has 1 aromatic carbocycles. The van der Waals surface area contributed by atoms with E-state index in [1.165, 1.54) is 25.1 Å². The van der Waals surface area contributed by atoms with Crippen LogP contribution in [0.3, 0.4) is 0 Å². The predicted octanol–water partition coefficient (Wildman–Crippen LogP) is 1.83. The van der Waals surface area contributed by atoms with Gasteiger partial charge in [-0.15, -0.1) is 0 Å². The number of carbonyl (C=O) groups is 1. The highest BCUT2D eigenvalue weighted by atomic mass is 19.1. The van der Waals surface area contributed by atoms with Crippen LogP contribution in [0.4, 0.5) is 4.39 Å². The van der Waals surface area contributed by atoms with Gasteiger partial charge >= 0.3 is 0 Å². The van der Waals surface area contributed by atoms with E-state index in [2.05, 4.69) is 6.07 Å². The first-order valence-corrected chi connectivity index (χ1v) is 2.89. The molecule has 10 heavy (non-hydrogen) atoms. The van der Waals surface area contributed by atoms with Crippen molar-refractivity contribution in [2.75, 3.05) is 0 Å². The lowest BCUT2D eigenvalue weighted by atomic mass is 10.1. The second-order valence-electron chi connectivity index (χ2n) is 1.97. The van der Waals surface area contributed by atoms with Crippen LogP contribution in [0, 0.1) is 11.9 Å². The monoisotopic (exact) mass is 137 g/mol. The third-order valence-electron chi connectivity index (χ3n) is 1.14. The number of Topliss-reactive ketones (excluding diaryl/α,β-unsaturated/α-hetero) is 1. The van der Waals surface area contributed by atoms with Crippen molar-refractivity contribution in [2.24, 2.45) is 0 Å². The molecule has 51 valence electrons. The van der Waals surface area contributed by atoms with Gasteiger partial charge in [-0.2, -0.15) is 0 Å². The Bertz CT molecular complexity index is 255. The van der Waals surface area contributed by atoms with Crippen molar-refractivity contribution in [1.82, 2.24) is 0 Å². The summed E-state index contributed by atoms with van der Waals surface area (Å²) in [6, 6.07) is 6.57. The van der Waals surface area contributed by atoms with Crippen molar-refractivity contribution in [1.29, 1.82) is 0 Å². The highest BCUT2D eigenvalue weighted by Crippen LogP contribution is 2.01. The average Bonchev–Trinajstić information content (AvgIpc) is 1.88. The molecule has 0 heterocycles. The van der Waals surface area contributed by atoms with Crippen LogP contribution in [0.15, 0.2) is 18.2 Å². The molecule has 1 aromatic rings. The maximum absolute atomic E-state index is 12.3. The maximum atomic E-state index is 12.3. The molecule has 0 N–H and O–H groups in total. The molecule has 1 radical (unpaired) electrons. The summed E-state index contributed by atoms with van der Waals surface area (Å²) in [7, 11) is 0. The highest BCUT2D eigenvalue weighted by molar-refractivity contribution is 5.93. The predicted molar refractivity (Wildman–Crippen MR) is 35.2 cm³/mol. The largest absolute Gasteiger partial charge is 0.294 e. The molecule has 2 heteroatoms. The third kappa shape index (κ3) is 1.41. The minimum Gasteiger partial charge on any atom is -0.294 e. The van der Waals surface area contributed by atoms with Crippen LogP contribution in [0.1, 0.15) is 17.3 Å². The van der Waals surface area contributed by atoms with E-state index in [-0.39, 0.29) is 5.78 Å². The second-order valence-corrected chi connectivity index (χ2v) is 1.97. The van der Waals surface area contributed by atoms with Gasteiger partial charge in [0.25, 0.3) is 0 Å². The van der Waals surface area contributed by atoms with Gasteiger partial charge in [-0.25, -0.2) is 4.39 Å². The van der Waals surface area contributed by atoms with Crippen LogP contribution in [0.2, 0.25) is 0 Å². The van der Waals surface area contributed by atoms with E-state index >= 15 is 0 Å². The Balaban J connectivity index is 3.07. The Labute approximate surface area is 58.5 Å². The molecule has 1 nitrogen and oxygen atoms in total. The quantitative estimate of drug-likeness (QED) is 0.539. The molecule has 0 fully saturated rings. The van der Waals surface area contributed by atoms with E-state index in [1.54, 1.807) is 0 Å². The summed E-state index contributed by atoms with van der Waals surface area (Å²) in [4.78, 5) is 10.6. The fourth-order valence-corrected chi connectivity index (χ4v) is 0.646. The number of rotatable bonds is 1. The Morgan fingerprint density at radius 3 is 2.70 bits per heavy atom. The van der Waals surface area contributed by atoms with Crippen LogP contribution >= 0.6 is 0 Å². The topological polar surface area (TPSA) is 17.1 Å². The molecule has 0 saturated carbocycles. The van der Waals surface area contributed by atoms with E-state index in [1.807, 2.05) is 0 Å². The minimum atomic E-state index is -0.493. The second kappa shape index (κ2) is 2.60. The Hall–Kier alpha value is -1.18. The van der Waals surface area contributed by atoms with Crippen molar-refractivity contribution in [3.05, 3.63) is 35.6 Å². The summed E-state index contributed by atoms with van der Waals surface area (Å²) < 4.78 is 12.3. The van der Waals surface area contributed by atoms with E-state index in [9.17, 15) is 9.18 Å². The summed E-state index contributed by atoms with van der Waals surface area (Å²) in [5, 5.41) is 0. The molecular weight excluding hydrogens is 131 g/mol. The highest BCUT2D eigenvalue weighted by Gasteiger charge is 1.98. The Kier molecular flexibility index (Phi) is 1.81. The maximum Gasteiger partial charge on any atom is 0.160 e. The van der Waals surface area contributed by atoms with Gasteiger partial charge < -0.3 is 0 Å². The first kappa shape index (κ1) is 6.93. The fraction of sp³-hybridized carbons (Fsp3) is 0.125. The zero-order chi connectivity index (χ0) is 7.56. The molecule has 0 aliphatic carbocycles. The van der Waals surface area contributed by atoms with Gasteiger partial charge in [0, 0.05) is 11.6 Å². The average molecular weight is 137 g/mol. The molecule has 0 aliphatic heterocycles. The normalized spacial score (nSPS) is 9.40. The summed E-state index contributed by atoms with van der Waals surface area (Å²) in [5.74, 6) is -0.660. The van der Waals surface area contributed by atoms with Gasteiger partial charge in [0.05, 0.1) is 0 Å². The summed E-state index contributed by atoms with van der Waals surface area (Å²) >= 11 is 0. The first-order chi connectivity index (χ1) is 4.70. The number of halogens is 1. The zero-order valence-electron chi connectivity index (χ0n) is 5.52. The smallest absolute Gasteiger partial charge is 0.160 e. The van der Waals surface area contributed by atoms with E-state index in [0.29, 0.717) is 5.56 Å². The summed E-state index contributed by atoms with van der Waals surface area (Å²) in [5.41, 5.74) is 0.292. The number of hydrogen-bond acceptors (Lipinski definition) is 1. The molecule has 1 rings (SSSR count). The van der Waals surface area contributed by atoms with Crippen molar-refractivity contribution >= 4 is 5.78 Å². The van der Waals surface area contributed by atoms with Crippen LogP contribution in [-0.2, 0) is 0 Å². The van der Waals surface area contributed by atoms with E-state index < -0.39 is 5.82 Å². The number of hydrogen-bond donors (Lipinski definition) is 0. The molecule has 0 unspecified atom stereocenters. The lowest BCUT2D eigenvalue weighted by molar-refractivity contribution is 0.101.